The van der Waals surface area contributed by atoms with Crippen molar-refractivity contribution in [1.82, 2.24) is 20.3 Å². The molecule has 0 saturated heterocycles. The van der Waals surface area contributed by atoms with E-state index in [1.165, 1.54) is 12.3 Å². The fraction of sp³-hybridized carbons (Fsp3) is 0.286. The molecule has 0 bridgehead atoms. The molecule has 0 unspecified atom stereocenters. The molecule has 13 nitrogen and oxygen atoms in total. The highest BCUT2D eigenvalue weighted by Gasteiger charge is 2.24. The Hall–Kier alpha value is -5.43. The van der Waals surface area contributed by atoms with E-state index in [4.69, 9.17) is 28.4 Å². The third kappa shape index (κ3) is 11.6. The second kappa shape index (κ2) is 22.1. The van der Waals surface area contributed by atoms with Crippen LogP contribution in [0.1, 0.15) is 27.2 Å². The summed E-state index contributed by atoms with van der Waals surface area (Å²) in [5.74, 6) is -1.49. The van der Waals surface area contributed by atoms with Gasteiger partial charge in [0.2, 0.25) is 12.2 Å². The van der Waals surface area contributed by atoms with E-state index in [2.05, 4.69) is 37.8 Å². The second-order valence-electron chi connectivity index (χ2n) is 12.8. The Labute approximate surface area is 348 Å². The summed E-state index contributed by atoms with van der Waals surface area (Å²) >= 11 is 5.40. The molecule has 0 aliphatic rings. The number of pyridine rings is 1. The van der Waals surface area contributed by atoms with Crippen LogP contribution in [0.3, 0.4) is 0 Å². The molecule has 1 amide bonds. The monoisotopic (exact) mass is 847 g/mol. The lowest BCUT2D eigenvalue weighted by Crippen LogP contribution is -2.15. The lowest BCUT2D eigenvalue weighted by Gasteiger charge is -2.13. The number of thiazole rings is 1. The highest BCUT2D eigenvalue weighted by molar-refractivity contribution is 7.81. The molecule has 0 atom stereocenters. The standard InChI is InChI=1S/C42H43F2N5O8S2/c1-27-41(59-26-48-27)29-2-3-30(22-45-25-50)37(21-29)57-19-17-55-15-13-53-11-10-52-12-14-54-16-18-56-32-6-4-28(5-7-32)31-20-33-34(24-47-42(33)46-23-31)40(51)38-35(43)8-9-36(49-58)39(38)44/h2-9,20-21,23-26,49,58H,10-19,22H2,1H3,(H,45,50)(H,46,47). The molecule has 310 valence electrons. The topological polar surface area (TPSA) is 155 Å². The van der Waals surface area contributed by atoms with E-state index < -0.39 is 23.0 Å². The average molecular weight is 848 g/mol. The number of fused-ring (bicyclic) bond motifs is 1. The van der Waals surface area contributed by atoms with Crippen LogP contribution in [0.4, 0.5) is 14.5 Å². The highest BCUT2D eigenvalue weighted by Crippen LogP contribution is 2.33. The summed E-state index contributed by atoms with van der Waals surface area (Å²) in [6.07, 6.45) is 3.70. The van der Waals surface area contributed by atoms with Crippen LogP contribution in [0.2, 0.25) is 0 Å². The van der Waals surface area contributed by atoms with E-state index in [-0.39, 0.29) is 11.3 Å². The van der Waals surface area contributed by atoms with Gasteiger partial charge in [0.1, 0.15) is 36.2 Å². The zero-order valence-electron chi connectivity index (χ0n) is 32.1. The van der Waals surface area contributed by atoms with Gasteiger partial charge in [0.15, 0.2) is 5.82 Å². The number of nitrogens with zero attached hydrogens (tertiary/aromatic N) is 2. The summed E-state index contributed by atoms with van der Waals surface area (Å²) in [5, 5.41) is 3.11. The first-order valence-corrected chi connectivity index (χ1v) is 20.0. The third-order valence-electron chi connectivity index (χ3n) is 8.95. The molecule has 0 fully saturated rings. The van der Waals surface area contributed by atoms with Crippen LogP contribution < -0.4 is 19.5 Å². The van der Waals surface area contributed by atoms with Crippen molar-refractivity contribution in [1.29, 1.82) is 0 Å². The molecule has 3 heterocycles. The first-order valence-electron chi connectivity index (χ1n) is 18.6. The van der Waals surface area contributed by atoms with Crippen LogP contribution in [0.25, 0.3) is 32.6 Å². The van der Waals surface area contributed by atoms with Gasteiger partial charge in [0.05, 0.1) is 80.2 Å². The smallest absolute Gasteiger partial charge is 0.207 e. The number of amides is 1. The minimum Gasteiger partial charge on any atom is -0.491 e. The normalized spacial score (nSPS) is 11.2. The Morgan fingerprint density at radius 1 is 0.814 bits per heavy atom. The fourth-order valence-corrected chi connectivity index (χ4v) is 6.95. The lowest BCUT2D eigenvalue weighted by atomic mass is 10.00. The van der Waals surface area contributed by atoms with Crippen molar-refractivity contribution in [2.75, 3.05) is 70.8 Å². The molecule has 59 heavy (non-hydrogen) atoms. The number of carbonyl (C=O) groups is 2. The predicted molar refractivity (Wildman–Crippen MR) is 223 cm³/mol. The van der Waals surface area contributed by atoms with Gasteiger partial charge < -0.3 is 43.4 Å². The van der Waals surface area contributed by atoms with Crippen molar-refractivity contribution in [3.63, 3.8) is 0 Å². The molecule has 6 aromatic rings. The number of thiol groups is 1. The number of ether oxygens (including phenoxy) is 6. The number of ketones is 1. The van der Waals surface area contributed by atoms with Gasteiger partial charge in [0, 0.05) is 41.0 Å². The van der Waals surface area contributed by atoms with E-state index >= 15 is 0 Å². The SMILES string of the molecule is Cc1ncsc1-c1ccc(CNC=O)c(OCCOCCOCCOCCOCCOc2ccc(-c3cnc4[nH]cc(C(=O)c5c(F)ccc(NS)c5F)c4c3)cc2)c1. The third-order valence-corrected chi connectivity index (χ3v) is 10.2. The van der Waals surface area contributed by atoms with Crippen LogP contribution in [0.5, 0.6) is 11.5 Å². The van der Waals surface area contributed by atoms with E-state index in [9.17, 15) is 18.4 Å². The van der Waals surface area contributed by atoms with Crippen molar-refractivity contribution in [3.05, 3.63) is 113 Å². The van der Waals surface area contributed by atoms with Crippen molar-refractivity contribution in [2.24, 2.45) is 0 Å². The van der Waals surface area contributed by atoms with E-state index in [1.54, 1.807) is 23.6 Å². The van der Waals surface area contributed by atoms with Crippen LogP contribution >= 0.6 is 24.2 Å². The van der Waals surface area contributed by atoms with Gasteiger partial charge >= 0.3 is 0 Å². The molecule has 3 aromatic carbocycles. The number of aryl methyl sites for hydroxylation is 1. The predicted octanol–water partition coefficient (Wildman–Crippen LogP) is 7.20. The van der Waals surface area contributed by atoms with E-state index in [0.717, 1.165) is 33.3 Å². The molecule has 0 spiro atoms. The van der Waals surface area contributed by atoms with Crippen LogP contribution in [-0.2, 0) is 30.3 Å². The summed E-state index contributed by atoms with van der Waals surface area (Å²) in [7, 11) is 0. The van der Waals surface area contributed by atoms with Crippen LogP contribution in [0.15, 0.2) is 78.6 Å². The molecule has 0 radical (unpaired) electrons. The number of rotatable bonds is 25. The number of aromatic amines is 1. The number of H-pyrrole nitrogens is 1. The second-order valence-corrected chi connectivity index (χ2v) is 13.9. The zero-order chi connectivity index (χ0) is 41.4. The number of nitrogens with one attached hydrogen (secondary N) is 3. The fourth-order valence-electron chi connectivity index (χ4n) is 5.97. The minimum atomic E-state index is -1.03. The number of hydrogen-bond donors (Lipinski definition) is 4. The van der Waals surface area contributed by atoms with Gasteiger partial charge in [0.25, 0.3) is 0 Å². The molecular formula is C42H43F2N5O8S2. The number of halogens is 2. The van der Waals surface area contributed by atoms with Crippen molar-refractivity contribution >= 4 is 53.1 Å². The van der Waals surface area contributed by atoms with Crippen molar-refractivity contribution < 1.29 is 46.8 Å². The number of benzene rings is 3. The molecule has 6 rings (SSSR count). The first kappa shape index (κ1) is 43.2. The summed E-state index contributed by atoms with van der Waals surface area (Å²) in [6, 6.07) is 17.1. The Morgan fingerprint density at radius 3 is 2.12 bits per heavy atom. The maximum absolute atomic E-state index is 14.9. The zero-order valence-corrected chi connectivity index (χ0v) is 33.8. The maximum Gasteiger partial charge on any atom is 0.207 e. The Balaban J connectivity index is 0.816. The molecule has 3 N–H and O–H groups in total. The highest BCUT2D eigenvalue weighted by atomic mass is 32.1. The first-order chi connectivity index (χ1) is 28.9. The van der Waals surface area contributed by atoms with Gasteiger partial charge in [-0.15, -0.1) is 11.3 Å². The Bertz CT molecular complexity index is 2310. The molecular weight excluding hydrogens is 805 g/mol. The molecule has 0 saturated carbocycles. The maximum atomic E-state index is 14.9. The molecule has 0 aliphatic heterocycles. The number of anilines is 1. The molecule has 0 aliphatic carbocycles. The van der Waals surface area contributed by atoms with Gasteiger partial charge in [-0.2, -0.15) is 0 Å². The molecule has 17 heteroatoms. The quantitative estimate of drug-likeness (QED) is 0.0200. The summed E-state index contributed by atoms with van der Waals surface area (Å²) < 4.78 is 66.0. The van der Waals surface area contributed by atoms with E-state index in [1.807, 2.05) is 54.9 Å². The Kier molecular flexibility index (Phi) is 16.2. The molecule has 3 aromatic heterocycles. The van der Waals surface area contributed by atoms with Crippen molar-refractivity contribution in [2.45, 2.75) is 13.5 Å². The summed E-state index contributed by atoms with van der Waals surface area (Å²) in [4.78, 5) is 36.8. The summed E-state index contributed by atoms with van der Waals surface area (Å²) in [6.45, 7) is 6.26. The van der Waals surface area contributed by atoms with Gasteiger partial charge in [-0.05, 0) is 54.4 Å². The van der Waals surface area contributed by atoms with Crippen LogP contribution in [-0.4, -0.2) is 93.2 Å². The van der Waals surface area contributed by atoms with Gasteiger partial charge in [-0.25, -0.2) is 18.7 Å². The largest absolute Gasteiger partial charge is 0.491 e. The van der Waals surface area contributed by atoms with Gasteiger partial charge in [-0.1, -0.05) is 37.1 Å². The Morgan fingerprint density at radius 2 is 1.47 bits per heavy atom. The van der Waals surface area contributed by atoms with Gasteiger partial charge in [-0.3, -0.25) is 9.59 Å². The average Bonchev–Trinajstić information content (AvgIpc) is 3.89. The van der Waals surface area contributed by atoms with E-state index in [0.29, 0.717) is 107 Å². The summed E-state index contributed by atoms with van der Waals surface area (Å²) in [5.41, 5.74) is 5.86. The van der Waals surface area contributed by atoms with Crippen LogP contribution in [0, 0.1) is 18.6 Å². The lowest BCUT2D eigenvalue weighted by molar-refractivity contribution is -0.109. The van der Waals surface area contributed by atoms with Crippen molar-refractivity contribution in [3.8, 4) is 33.1 Å². The number of aromatic nitrogens is 3. The number of hydrogen-bond acceptors (Lipinski definition) is 13. The minimum absolute atomic E-state index is 0.0883. The number of carbonyl (C=O) groups excluding carboxylic acids is 2.